The van der Waals surface area contributed by atoms with Crippen molar-refractivity contribution >= 4 is 17.7 Å². The summed E-state index contributed by atoms with van der Waals surface area (Å²) >= 11 is 0. The number of anilines is 1. The number of H-pyrrole nitrogens is 1. The van der Waals surface area contributed by atoms with Crippen LogP contribution in [0.1, 0.15) is 38.6 Å². The van der Waals surface area contributed by atoms with Gasteiger partial charge in [0.1, 0.15) is 23.4 Å². The largest absolute Gasteiger partial charge is 0.573 e. The number of halogens is 4. The van der Waals surface area contributed by atoms with Gasteiger partial charge in [-0.15, -0.1) is 13.2 Å². The van der Waals surface area contributed by atoms with Crippen LogP contribution in [0.3, 0.4) is 0 Å². The molecule has 4 rings (SSSR count). The van der Waals surface area contributed by atoms with E-state index >= 15 is 0 Å². The molecule has 2 heterocycles. The summed E-state index contributed by atoms with van der Waals surface area (Å²) < 4.78 is 61.5. The summed E-state index contributed by atoms with van der Waals surface area (Å²) in [4.78, 5) is 34.6. The quantitative estimate of drug-likeness (QED) is 0.261. The molecule has 0 bridgehead atoms. The van der Waals surface area contributed by atoms with Gasteiger partial charge in [0, 0.05) is 29.9 Å². The third kappa shape index (κ3) is 6.29. The minimum absolute atomic E-state index is 0.112. The van der Waals surface area contributed by atoms with Crippen molar-refractivity contribution in [2.24, 2.45) is 5.92 Å². The highest BCUT2D eigenvalue weighted by atomic mass is 19.4. The molecule has 40 heavy (non-hydrogen) atoms. The first-order valence-electron chi connectivity index (χ1n) is 12.5. The predicted octanol–water partition coefficient (Wildman–Crippen LogP) is 5.41. The number of benzene rings is 2. The van der Waals surface area contributed by atoms with Gasteiger partial charge in [-0.25, -0.2) is 14.2 Å². The van der Waals surface area contributed by atoms with Crippen LogP contribution < -0.4 is 15.8 Å². The van der Waals surface area contributed by atoms with Gasteiger partial charge in [0.25, 0.3) is 0 Å². The second-order valence-corrected chi connectivity index (χ2v) is 9.71. The van der Waals surface area contributed by atoms with Gasteiger partial charge in [0.15, 0.2) is 0 Å². The van der Waals surface area contributed by atoms with E-state index in [4.69, 9.17) is 5.73 Å². The van der Waals surface area contributed by atoms with E-state index in [9.17, 15) is 27.2 Å². The van der Waals surface area contributed by atoms with Crippen molar-refractivity contribution in [3.8, 4) is 28.1 Å². The lowest BCUT2D eigenvalue weighted by Gasteiger charge is -2.29. The average molecular weight is 564 g/mol. The Bertz CT molecular complexity index is 1370. The molecule has 4 N–H and O–H groups in total. The molecule has 1 aliphatic rings. The fraction of sp³-hybridized carbons (Fsp3) is 0.370. The van der Waals surface area contributed by atoms with Gasteiger partial charge >= 0.3 is 12.5 Å². The van der Waals surface area contributed by atoms with E-state index < -0.39 is 35.8 Å². The number of alkyl halides is 3. The zero-order valence-corrected chi connectivity index (χ0v) is 22.0. The normalized spacial score (nSPS) is 16.2. The van der Waals surface area contributed by atoms with E-state index in [1.165, 1.54) is 19.2 Å². The maximum absolute atomic E-state index is 14.1. The number of alkyl carbamates (subject to hydrolysis) is 1. The molecule has 2 aromatic carbocycles. The second-order valence-electron chi connectivity index (χ2n) is 9.71. The molecule has 0 radical (unpaired) electrons. The van der Waals surface area contributed by atoms with E-state index in [0.717, 1.165) is 18.6 Å². The predicted molar refractivity (Wildman–Crippen MR) is 138 cm³/mol. The Morgan fingerprint density at radius 3 is 2.48 bits per heavy atom. The van der Waals surface area contributed by atoms with Crippen LogP contribution in [0.15, 0.2) is 42.6 Å². The van der Waals surface area contributed by atoms with Gasteiger partial charge in [0.05, 0.1) is 24.5 Å². The Kier molecular flexibility index (Phi) is 8.21. The highest BCUT2D eigenvalue weighted by Gasteiger charge is 2.37. The summed E-state index contributed by atoms with van der Waals surface area (Å²) in [6, 6.07) is 6.90. The maximum atomic E-state index is 14.1. The van der Waals surface area contributed by atoms with Crippen LogP contribution in [0.2, 0.25) is 0 Å². The maximum Gasteiger partial charge on any atom is 0.573 e. The first-order valence-corrected chi connectivity index (χ1v) is 12.5. The zero-order valence-electron chi connectivity index (χ0n) is 22.0. The van der Waals surface area contributed by atoms with Gasteiger partial charge in [-0.05, 0) is 30.4 Å². The number of nitrogens with zero attached hydrogens (tertiary/aromatic N) is 2. The SMILES string of the molecule is COC(=O)N[C@H](C(=O)N1CCCC1c1nc(-c2ccc(-c3cc(F)c(N)cc3OC(F)(F)F)cc2)c[nH]1)C(C)C. The van der Waals surface area contributed by atoms with Crippen molar-refractivity contribution in [3.63, 3.8) is 0 Å². The number of amides is 2. The van der Waals surface area contributed by atoms with Crippen molar-refractivity contribution in [1.29, 1.82) is 0 Å². The summed E-state index contributed by atoms with van der Waals surface area (Å²) in [5.74, 6) is -1.34. The Morgan fingerprint density at radius 1 is 1.18 bits per heavy atom. The minimum atomic E-state index is -4.98. The molecule has 13 heteroatoms. The van der Waals surface area contributed by atoms with Crippen molar-refractivity contribution in [1.82, 2.24) is 20.2 Å². The minimum Gasteiger partial charge on any atom is -0.453 e. The summed E-state index contributed by atoms with van der Waals surface area (Å²) in [6.07, 6.45) is -2.58. The number of hydrogen-bond acceptors (Lipinski definition) is 6. The lowest BCUT2D eigenvalue weighted by atomic mass is 10.0. The van der Waals surface area contributed by atoms with Crippen LogP contribution in [-0.4, -0.2) is 52.9 Å². The molecular formula is C27H29F4N5O4. The zero-order chi connectivity index (χ0) is 29.2. The molecule has 1 unspecified atom stereocenters. The number of nitrogens with two attached hydrogens (primary N) is 1. The molecular weight excluding hydrogens is 534 g/mol. The van der Waals surface area contributed by atoms with E-state index in [1.54, 1.807) is 23.2 Å². The number of nitrogens with one attached hydrogen (secondary N) is 2. The molecule has 1 fully saturated rings. The number of likely N-dealkylation sites (tertiary alicyclic amines) is 1. The fourth-order valence-electron chi connectivity index (χ4n) is 4.67. The van der Waals surface area contributed by atoms with Crippen molar-refractivity contribution in [2.75, 3.05) is 19.4 Å². The number of aromatic amines is 1. The smallest absolute Gasteiger partial charge is 0.453 e. The lowest BCUT2D eigenvalue weighted by Crippen LogP contribution is -2.51. The van der Waals surface area contributed by atoms with Crippen LogP contribution >= 0.6 is 0 Å². The standard InChI is InChI=1S/C27H29F4N5O4/c1-14(2)23(35-26(38)39-3)25(37)36-10-4-5-21(36)24-33-13-20(34-24)16-8-6-15(7-9-16)17-11-18(28)19(32)12-22(17)40-27(29,30)31/h6-9,11-14,21,23H,4-5,10,32H2,1-3H3,(H,33,34)(H,35,38)/t21?,23-/m0/s1. The first kappa shape index (κ1) is 28.7. The molecule has 2 atom stereocenters. The summed E-state index contributed by atoms with van der Waals surface area (Å²) in [5.41, 5.74) is 6.33. The van der Waals surface area contributed by atoms with Gasteiger partial charge in [-0.3, -0.25) is 4.79 Å². The highest BCUT2D eigenvalue weighted by molar-refractivity contribution is 5.86. The highest BCUT2D eigenvalue weighted by Crippen LogP contribution is 2.38. The molecule has 214 valence electrons. The topological polar surface area (TPSA) is 123 Å². The molecule has 1 aromatic heterocycles. The molecule has 0 spiro atoms. The number of methoxy groups -OCH3 is 1. The van der Waals surface area contributed by atoms with Crippen LogP contribution in [0, 0.1) is 11.7 Å². The number of carbonyl (C=O) groups excluding carboxylic acids is 2. The van der Waals surface area contributed by atoms with Gasteiger partial charge in [0.2, 0.25) is 5.91 Å². The van der Waals surface area contributed by atoms with Crippen molar-refractivity contribution in [3.05, 3.63) is 54.2 Å². The van der Waals surface area contributed by atoms with Gasteiger partial charge < -0.3 is 30.4 Å². The van der Waals surface area contributed by atoms with E-state index in [0.29, 0.717) is 30.0 Å². The Balaban J connectivity index is 1.56. The molecule has 1 saturated heterocycles. The third-order valence-electron chi connectivity index (χ3n) is 6.66. The number of nitrogen functional groups attached to an aromatic ring is 1. The molecule has 2 amide bonds. The molecule has 9 nitrogen and oxygen atoms in total. The van der Waals surface area contributed by atoms with Crippen LogP contribution in [0.25, 0.3) is 22.4 Å². The molecule has 1 aliphatic heterocycles. The van der Waals surface area contributed by atoms with Crippen molar-refractivity contribution in [2.45, 2.75) is 45.1 Å². The molecule has 3 aromatic rings. The first-order chi connectivity index (χ1) is 18.9. The summed E-state index contributed by atoms with van der Waals surface area (Å²) in [7, 11) is 1.23. The summed E-state index contributed by atoms with van der Waals surface area (Å²) in [6.45, 7) is 4.16. The average Bonchev–Trinajstić information content (AvgIpc) is 3.58. The van der Waals surface area contributed by atoms with Gasteiger partial charge in [-0.2, -0.15) is 0 Å². The lowest BCUT2D eigenvalue weighted by molar-refractivity contribution is -0.274. The van der Waals surface area contributed by atoms with E-state index in [-0.39, 0.29) is 29.0 Å². The Labute approximate surface area is 227 Å². The fourth-order valence-corrected chi connectivity index (χ4v) is 4.67. The van der Waals surface area contributed by atoms with Crippen LogP contribution in [-0.2, 0) is 9.53 Å². The molecule has 0 aliphatic carbocycles. The number of carbonyl (C=O) groups is 2. The van der Waals surface area contributed by atoms with Crippen LogP contribution in [0.4, 0.5) is 28.0 Å². The number of rotatable bonds is 7. The number of imidazole rings is 1. The summed E-state index contributed by atoms with van der Waals surface area (Å²) in [5, 5.41) is 2.60. The second kappa shape index (κ2) is 11.4. The number of hydrogen-bond donors (Lipinski definition) is 3. The van der Waals surface area contributed by atoms with Gasteiger partial charge in [-0.1, -0.05) is 38.1 Å². The molecule has 0 saturated carbocycles. The van der Waals surface area contributed by atoms with E-state index in [1.807, 2.05) is 13.8 Å². The van der Waals surface area contributed by atoms with Crippen LogP contribution in [0.5, 0.6) is 5.75 Å². The Hall–Kier alpha value is -4.29. The Morgan fingerprint density at radius 2 is 1.85 bits per heavy atom. The number of aromatic nitrogens is 2. The van der Waals surface area contributed by atoms with E-state index in [2.05, 4.69) is 24.8 Å². The van der Waals surface area contributed by atoms with Crippen molar-refractivity contribution < 1.29 is 36.6 Å². The monoisotopic (exact) mass is 563 g/mol. The number of ether oxygens (including phenoxy) is 2. The third-order valence-corrected chi connectivity index (χ3v) is 6.66.